The third-order valence-corrected chi connectivity index (χ3v) is 3.36. The smallest absolute Gasteiger partial charge is 0.123 e. The number of hydrogen-bond acceptors (Lipinski definition) is 4. The highest BCUT2D eigenvalue weighted by atomic mass is 15.2. The lowest BCUT2D eigenvalue weighted by atomic mass is 10.1. The summed E-state index contributed by atoms with van der Waals surface area (Å²) in [6.45, 7) is 3.81. The zero-order chi connectivity index (χ0) is 13.0. The Morgan fingerprint density at radius 1 is 1.22 bits per heavy atom. The minimum atomic E-state index is -0.122. The number of anilines is 1. The molecule has 4 heteroatoms. The summed E-state index contributed by atoms with van der Waals surface area (Å²) in [6.07, 6.45) is 0. The van der Waals surface area contributed by atoms with E-state index in [1.54, 1.807) is 0 Å². The first-order chi connectivity index (χ1) is 8.72. The van der Waals surface area contributed by atoms with E-state index >= 15 is 0 Å². The molecule has 0 aliphatic carbocycles. The topological polar surface area (TPSA) is 42.3 Å². The Kier molecular flexibility index (Phi) is 4.19. The van der Waals surface area contributed by atoms with Gasteiger partial charge in [0.2, 0.25) is 0 Å². The number of nitriles is 1. The second-order valence-electron chi connectivity index (χ2n) is 4.80. The van der Waals surface area contributed by atoms with E-state index in [0.29, 0.717) is 0 Å². The van der Waals surface area contributed by atoms with Crippen LogP contribution in [0, 0.1) is 11.3 Å². The van der Waals surface area contributed by atoms with Gasteiger partial charge >= 0.3 is 0 Å². The highest BCUT2D eigenvalue weighted by Crippen LogP contribution is 2.22. The maximum atomic E-state index is 9.39. The molecule has 0 spiro atoms. The summed E-state index contributed by atoms with van der Waals surface area (Å²) in [7, 11) is 4.04. The van der Waals surface area contributed by atoms with Crippen LogP contribution in [0.15, 0.2) is 24.3 Å². The lowest BCUT2D eigenvalue weighted by Crippen LogP contribution is -2.44. The van der Waals surface area contributed by atoms with E-state index in [-0.39, 0.29) is 6.04 Å². The fourth-order valence-electron chi connectivity index (χ4n) is 2.26. The van der Waals surface area contributed by atoms with Crippen molar-refractivity contribution in [1.82, 2.24) is 10.2 Å². The molecule has 96 valence electrons. The average molecular weight is 244 g/mol. The van der Waals surface area contributed by atoms with E-state index in [1.807, 2.05) is 14.1 Å². The Bertz CT molecular complexity index is 412. The van der Waals surface area contributed by atoms with Crippen LogP contribution in [0.1, 0.15) is 11.6 Å². The van der Waals surface area contributed by atoms with Gasteiger partial charge in [-0.1, -0.05) is 12.1 Å². The van der Waals surface area contributed by atoms with Crippen molar-refractivity contribution in [2.45, 2.75) is 6.04 Å². The van der Waals surface area contributed by atoms with Crippen molar-refractivity contribution in [1.29, 1.82) is 5.26 Å². The third-order valence-electron chi connectivity index (χ3n) is 3.36. The van der Waals surface area contributed by atoms with E-state index in [1.165, 1.54) is 0 Å². The normalized spacial score (nSPS) is 18.1. The molecule has 1 aromatic rings. The van der Waals surface area contributed by atoms with Gasteiger partial charge in [0, 0.05) is 46.0 Å². The third kappa shape index (κ3) is 2.81. The highest BCUT2D eigenvalue weighted by molar-refractivity contribution is 5.47. The fraction of sp³-hybridized carbons (Fsp3) is 0.500. The molecule has 1 atom stereocenters. The average Bonchev–Trinajstić information content (AvgIpc) is 2.41. The molecule has 1 aliphatic heterocycles. The molecule has 0 saturated carbocycles. The van der Waals surface area contributed by atoms with Crippen molar-refractivity contribution in [3.63, 3.8) is 0 Å². The highest BCUT2D eigenvalue weighted by Gasteiger charge is 2.21. The maximum absolute atomic E-state index is 9.39. The summed E-state index contributed by atoms with van der Waals surface area (Å²) in [5, 5.41) is 12.7. The summed E-state index contributed by atoms with van der Waals surface area (Å²) < 4.78 is 0. The summed E-state index contributed by atoms with van der Waals surface area (Å²) in [5.41, 5.74) is 2.25. The molecule has 1 fully saturated rings. The van der Waals surface area contributed by atoms with Gasteiger partial charge in [0.15, 0.2) is 0 Å². The predicted octanol–water partition coefficient (Wildman–Crippen LogP) is 1.22. The summed E-state index contributed by atoms with van der Waals surface area (Å²) in [5.74, 6) is 0. The number of benzene rings is 1. The van der Waals surface area contributed by atoms with Crippen LogP contribution in [0.4, 0.5) is 5.69 Å². The summed E-state index contributed by atoms with van der Waals surface area (Å²) in [4.78, 5) is 4.30. The lowest BCUT2D eigenvalue weighted by molar-refractivity contribution is 0.207. The van der Waals surface area contributed by atoms with Crippen LogP contribution in [0.5, 0.6) is 0 Å². The lowest BCUT2D eigenvalue weighted by Gasteiger charge is -2.31. The first kappa shape index (κ1) is 12.9. The van der Waals surface area contributed by atoms with Crippen molar-refractivity contribution in [2.24, 2.45) is 0 Å². The monoisotopic (exact) mass is 244 g/mol. The standard InChI is InChI=1S/C14H20N4/c1-17(2)13-5-3-12(4-6-13)14(11-15)18-9-7-16-8-10-18/h3-6,14,16H,7-10H2,1-2H3. The number of hydrogen-bond donors (Lipinski definition) is 1. The van der Waals surface area contributed by atoms with Crippen LogP contribution in [-0.4, -0.2) is 45.2 Å². The number of nitrogens with one attached hydrogen (secondary N) is 1. The van der Waals surface area contributed by atoms with E-state index in [0.717, 1.165) is 37.4 Å². The summed E-state index contributed by atoms with van der Waals surface area (Å²) >= 11 is 0. The van der Waals surface area contributed by atoms with Crippen molar-refractivity contribution >= 4 is 5.69 Å². The molecule has 1 N–H and O–H groups in total. The van der Waals surface area contributed by atoms with Gasteiger partial charge in [0.05, 0.1) is 6.07 Å². The Balaban J connectivity index is 2.14. The van der Waals surface area contributed by atoms with Crippen LogP contribution < -0.4 is 10.2 Å². The van der Waals surface area contributed by atoms with E-state index in [9.17, 15) is 5.26 Å². The Morgan fingerprint density at radius 3 is 2.33 bits per heavy atom. The summed E-state index contributed by atoms with van der Waals surface area (Å²) in [6, 6.07) is 10.6. The van der Waals surface area contributed by atoms with Crippen LogP contribution in [0.3, 0.4) is 0 Å². The minimum absolute atomic E-state index is 0.122. The maximum Gasteiger partial charge on any atom is 0.123 e. The van der Waals surface area contributed by atoms with Gasteiger partial charge in [0.25, 0.3) is 0 Å². The Morgan fingerprint density at radius 2 is 1.83 bits per heavy atom. The second-order valence-corrected chi connectivity index (χ2v) is 4.80. The van der Waals surface area contributed by atoms with E-state index < -0.39 is 0 Å². The fourth-order valence-corrected chi connectivity index (χ4v) is 2.26. The molecule has 18 heavy (non-hydrogen) atoms. The number of piperazine rings is 1. The van der Waals surface area contributed by atoms with Crippen LogP contribution in [0.2, 0.25) is 0 Å². The predicted molar refractivity (Wildman–Crippen MR) is 73.6 cm³/mol. The molecule has 0 amide bonds. The van der Waals surface area contributed by atoms with Crippen molar-refractivity contribution in [2.75, 3.05) is 45.2 Å². The number of nitrogens with zero attached hydrogens (tertiary/aromatic N) is 3. The zero-order valence-electron chi connectivity index (χ0n) is 11.1. The van der Waals surface area contributed by atoms with Gasteiger partial charge in [-0.25, -0.2) is 0 Å². The van der Waals surface area contributed by atoms with E-state index in [2.05, 4.69) is 45.5 Å². The van der Waals surface area contributed by atoms with Crippen LogP contribution in [0.25, 0.3) is 0 Å². The molecule has 1 aliphatic rings. The molecule has 4 nitrogen and oxygen atoms in total. The van der Waals surface area contributed by atoms with Crippen LogP contribution >= 0.6 is 0 Å². The Labute approximate surface area is 109 Å². The molecule has 2 rings (SSSR count). The van der Waals surface area contributed by atoms with Gasteiger partial charge in [0.1, 0.15) is 6.04 Å². The van der Waals surface area contributed by atoms with Gasteiger partial charge in [-0.15, -0.1) is 0 Å². The van der Waals surface area contributed by atoms with Crippen molar-refractivity contribution < 1.29 is 0 Å². The Hall–Kier alpha value is -1.57. The van der Waals surface area contributed by atoms with Crippen molar-refractivity contribution in [3.05, 3.63) is 29.8 Å². The van der Waals surface area contributed by atoms with Gasteiger partial charge in [-0.2, -0.15) is 5.26 Å². The second kappa shape index (κ2) is 5.85. The van der Waals surface area contributed by atoms with Gasteiger partial charge in [-0.05, 0) is 17.7 Å². The van der Waals surface area contributed by atoms with Gasteiger partial charge in [-0.3, -0.25) is 4.90 Å². The van der Waals surface area contributed by atoms with Crippen LogP contribution in [-0.2, 0) is 0 Å². The van der Waals surface area contributed by atoms with Gasteiger partial charge < -0.3 is 10.2 Å². The SMILES string of the molecule is CN(C)c1ccc(C(C#N)N2CCNCC2)cc1. The van der Waals surface area contributed by atoms with E-state index in [4.69, 9.17) is 0 Å². The molecular formula is C14H20N4. The number of rotatable bonds is 3. The first-order valence-electron chi connectivity index (χ1n) is 6.34. The molecule has 1 aromatic carbocycles. The first-order valence-corrected chi connectivity index (χ1v) is 6.34. The largest absolute Gasteiger partial charge is 0.378 e. The molecule has 1 heterocycles. The quantitative estimate of drug-likeness (QED) is 0.868. The minimum Gasteiger partial charge on any atom is -0.378 e. The molecule has 0 bridgehead atoms. The molecule has 1 saturated heterocycles. The molecular weight excluding hydrogens is 224 g/mol. The molecule has 1 unspecified atom stereocenters. The molecule has 0 aromatic heterocycles. The van der Waals surface area contributed by atoms with Crippen molar-refractivity contribution in [3.8, 4) is 6.07 Å². The zero-order valence-corrected chi connectivity index (χ0v) is 11.1. The molecule has 0 radical (unpaired) electrons.